The smallest absolute Gasteiger partial charge is 0.471 e. The molecule has 0 saturated carbocycles. The van der Waals surface area contributed by atoms with Gasteiger partial charge in [0.15, 0.2) is 0 Å². The second-order valence-electron chi connectivity index (χ2n) is 3.87. The second kappa shape index (κ2) is 5.20. The molecule has 0 heterocycles. The molecule has 7 heteroatoms. The highest BCUT2D eigenvalue weighted by atomic mass is 19.4. The van der Waals surface area contributed by atoms with Crippen molar-refractivity contribution in [3.8, 4) is 0 Å². The molecule has 0 aliphatic heterocycles. The third-order valence-electron chi connectivity index (χ3n) is 2.56. The van der Waals surface area contributed by atoms with Crippen LogP contribution in [0.2, 0.25) is 0 Å². The van der Waals surface area contributed by atoms with Crippen molar-refractivity contribution < 1.29 is 27.9 Å². The van der Waals surface area contributed by atoms with Crippen molar-refractivity contribution in [1.82, 2.24) is 5.32 Å². The van der Waals surface area contributed by atoms with Crippen molar-refractivity contribution in [2.45, 2.75) is 19.0 Å². The zero-order valence-electron chi connectivity index (χ0n) is 8.83. The zero-order chi connectivity index (χ0) is 13.1. The lowest BCUT2D eigenvalue weighted by Crippen LogP contribution is -2.39. The average molecular weight is 251 g/mol. The van der Waals surface area contributed by atoms with Crippen molar-refractivity contribution in [3.05, 3.63) is 12.2 Å². The molecule has 1 amide bonds. The summed E-state index contributed by atoms with van der Waals surface area (Å²) in [5.41, 5.74) is 0. The van der Waals surface area contributed by atoms with Gasteiger partial charge in [0.2, 0.25) is 0 Å². The highest BCUT2D eigenvalue weighted by Gasteiger charge is 2.38. The molecule has 0 saturated heterocycles. The number of carboxylic acid groups (broad SMARTS) is 1. The summed E-state index contributed by atoms with van der Waals surface area (Å²) < 4.78 is 35.6. The van der Waals surface area contributed by atoms with Crippen molar-refractivity contribution in [1.29, 1.82) is 0 Å². The Morgan fingerprint density at radius 2 is 1.94 bits per heavy atom. The summed E-state index contributed by atoms with van der Waals surface area (Å²) in [6, 6.07) is 0. The molecule has 1 aliphatic rings. The van der Waals surface area contributed by atoms with Crippen LogP contribution in [0.1, 0.15) is 12.8 Å². The fourth-order valence-electron chi connectivity index (χ4n) is 1.58. The van der Waals surface area contributed by atoms with Crippen LogP contribution in [-0.4, -0.2) is 29.7 Å². The molecular weight excluding hydrogens is 239 g/mol. The highest BCUT2D eigenvalue weighted by molar-refractivity contribution is 5.81. The number of amides is 1. The summed E-state index contributed by atoms with van der Waals surface area (Å²) in [7, 11) is 0. The molecule has 4 nitrogen and oxygen atoms in total. The number of hydrogen-bond acceptors (Lipinski definition) is 2. The number of carboxylic acids is 1. The Morgan fingerprint density at radius 3 is 2.35 bits per heavy atom. The Bertz CT molecular complexity index is 338. The van der Waals surface area contributed by atoms with E-state index >= 15 is 0 Å². The Balaban J connectivity index is 2.39. The quantitative estimate of drug-likeness (QED) is 0.744. The third kappa shape index (κ3) is 4.08. The molecule has 0 radical (unpaired) electrons. The number of carbonyl (C=O) groups is 2. The number of nitrogens with one attached hydrogen (secondary N) is 1. The molecule has 0 fully saturated rings. The molecule has 1 aliphatic carbocycles. The van der Waals surface area contributed by atoms with Crippen molar-refractivity contribution in [3.63, 3.8) is 0 Å². The van der Waals surface area contributed by atoms with Gasteiger partial charge < -0.3 is 10.4 Å². The van der Waals surface area contributed by atoms with Crippen LogP contribution in [0, 0.1) is 11.8 Å². The maximum atomic E-state index is 11.9. The van der Waals surface area contributed by atoms with Gasteiger partial charge in [0.25, 0.3) is 0 Å². The molecule has 0 aromatic heterocycles. The monoisotopic (exact) mass is 251 g/mol. The second-order valence-corrected chi connectivity index (χ2v) is 3.87. The van der Waals surface area contributed by atoms with Gasteiger partial charge in [-0.3, -0.25) is 9.59 Å². The van der Waals surface area contributed by atoms with Crippen molar-refractivity contribution in [2.24, 2.45) is 11.8 Å². The first-order valence-corrected chi connectivity index (χ1v) is 5.07. The molecule has 96 valence electrons. The van der Waals surface area contributed by atoms with E-state index in [1.807, 2.05) is 0 Å². The first-order valence-electron chi connectivity index (χ1n) is 5.07. The van der Waals surface area contributed by atoms with Crippen LogP contribution < -0.4 is 5.32 Å². The van der Waals surface area contributed by atoms with Crippen LogP contribution in [0.3, 0.4) is 0 Å². The van der Waals surface area contributed by atoms with Crippen molar-refractivity contribution >= 4 is 11.9 Å². The molecule has 0 aromatic carbocycles. The lowest BCUT2D eigenvalue weighted by Gasteiger charge is -2.20. The van der Waals surface area contributed by atoms with E-state index in [1.165, 1.54) is 6.08 Å². The molecule has 1 rings (SSSR count). The highest BCUT2D eigenvalue weighted by Crippen LogP contribution is 2.22. The van der Waals surface area contributed by atoms with Gasteiger partial charge in [-0.2, -0.15) is 13.2 Å². The van der Waals surface area contributed by atoms with Gasteiger partial charge in [-0.15, -0.1) is 0 Å². The Labute approximate surface area is 95.5 Å². The lowest BCUT2D eigenvalue weighted by molar-refractivity contribution is -0.173. The number of alkyl halides is 3. The fourth-order valence-corrected chi connectivity index (χ4v) is 1.58. The zero-order valence-corrected chi connectivity index (χ0v) is 8.83. The van der Waals surface area contributed by atoms with Gasteiger partial charge in [0.1, 0.15) is 0 Å². The largest absolute Gasteiger partial charge is 0.481 e. The number of hydrogen-bond donors (Lipinski definition) is 2. The van der Waals surface area contributed by atoms with Crippen LogP contribution in [0.5, 0.6) is 0 Å². The summed E-state index contributed by atoms with van der Waals surface area (Å²) in [4.78, 5) is 21.1. The Kier molecular flexibility index (Phi) is 4.14. The van der Waals surface area contributed by atoms with Crippen LogP contribution in [0.15, 0.2) is 12.2 Å². The Morgan fingerprint density at radius 1 is 1.29 bits per heavy atom. The van der Waals surface area contributed by atoms with Gasteiger partial charge in [-0.25, -0.2) is 0 Å². The van der Waals surface area contributed by atoms with Gasteiger partial charge in [-0.05, 0) is 18.8 Å². The summed E-state index contributed by atoms with van der Waals surface area (Å²) in [6.45, 7) is -0.124. The number of halogens is 3. The van der Waals surface area contributed by atoms with Crippen LogP contribution in [0.4, 0.5) is 13.2 Å². The van der Waals surface area contributed by atoms with Gasteiger partial charge >= 0.3 is 18.1 Å². The Hall–Kier alpha value is -1.53. The van der Waals surface area contributed by atoms with E-state index in [0.29, 0.717) is 12.8 Å². The summed E-state index contributed by atoms with van der Waals surface area (Å²) in [6.07, 6.45) is -1.05. The van der Waals surface area contributed by atoms with Crippen LogP contribution in [0.25, 0.3) is 0 Å². The van der Waals surface area contributed by atoms with E-state index in [2.05, 4.69) is 0 Å². The SMILES string of the molecule is O=C(O)C1C=CC(CNC(=O)C(F)(F)F)CC1. The average Bonchev–Trinajstić information content (AvgIpc) is 2.25. The normalized spacial score (nSPS) is 24.4. The van der Waals surface area contributed by atoms with Crippen LogP contribution >= 0.6 is 0 Å². The number of rotatable bonds is 3. The predicted molar refractivity (Wildman–Crippen MR) is 52.1 cm³/mol. The topological polar surface area (TPSA) is 66.4 Å². The van der Waals surface area contributed by atoms with E-state index < -0.39 is 24.0 Å². The number of aliphatic carboxylic acids is 1. The lowest BCUT2D eigenvalue weighted by atomic mass is 9.88. The standard InChI is InChI=1S/C10H12F3NO3/c11-10(12,13)9(17)14-5-6-1-3-7(4-2-6)8(15)16/h1,3,6-7H,2,4-5H2,(H,14,17)(H,15,16). The number of carbonyl (C=O) groups excluding carboxylic acids is 1. The van der Waals surface area contributed by atoms with Gasteiger partial charge in [0.05, 0.1) is 5.92 Å². The van der Waals surface area contributed by atoms with E-state index in [1.54, 1.807) is 11.4 Å². The molecule has 0 spiro atoms. The molecule has 17 heavy (non-hydrogen) atoms. The summed E-state index contributed by atoms with van der Waals surface area (Å²) in [5.74, 6) is -3.73. The minimum Gasteiger partial charge on any atom is -0.481 e. The van der Waals surface area contributed by atoms with E-state index in [0.717, 1.165) is 0 Å². The molecule has 2 atom stereocenters. The summed E-state index contributed by atoms with van der Waals surface area (Å²) >= 11 is 0. The fraction of sp³-hybridized carbons (Fsp3) is 0.600. The maximum absolute atomic E-state index is 11.9. The minimum absolute atomic E-state index is 0.124. The van der Waals surface area contributed by atoms with Gasteiger partial charge in [-0.1, -0.05) is 12.2 Å². The first kappa shape index (κ1) is 13.5. The van der Waals surface area contributed by atoms with E-state index in [4.69, 9.17) is 5.11 Å². The van der Waals surface area contributed by atoms with Gasteiger partial charge in [0, 0.05) is 6.54 Å². The third-order valence-corrected chi connectivity index (χ3v) is 2.56. The summed E-state index contributed by atoms with van der Waals surface area (Å²) in [5, 5.41) is 10.5. The van der Waals surface area contributed by atoms with E-state index in [-0.39, 0.29) is 12.5 Å². The molecule has 0 bridgehead atoms. The maximum Gasteiger partial charge on any atom is 0.471 e. The molecule has 2 N–H and O–H groups in total. The minimum atomic E-state index is -4.87. The van der Waals surface area contributed by atoms with Crippen molar-refractivity contribution in [2.75, 3.05) is 6.54 Å². The molecular formula is C10H12F3NO3. The predicted octanol–water partition coefficient (Wildman–Crippen LogP) is 1.33. The van der Waals surface area contributed by atoms with Crippen LogP contribution in [-0.2, 0) is 9.59 Å². The molecule has 0 aromatic rings. The molecule has 2 unspecified atom stereocenters. The van der Waals surface area contributed by atoms with E-state index in [9.17, 15) is 22.8 Å². The first-order chi connectivity index (χ1) is 7.80.